The van der Waals surface area contributed by atoms with Gasteiger partial charge in [-0.15, -0.1) is 0 Å². The summed E-state index contributed by atoms with van der Waals surface area (Å²) in [5, 5.41) is -1.71. The molecule has 2 aromatic rings. The minimum Gasteiger partial charge on any atom is -0.292 e. The number of carbonyl (C=O) groups excluding carboxylic acids is 2. The van der Waals surface area contributed by atoms with Crippen molar-refractivity contribution in [2.45, 2.75) is 15.0 Å². The summed E-state index contributed by atoms with van der Waals surface area (Å²) in [5.74, 6) is -1.53. The van der Waals surface area contributed by atoms with Crippen LogP contribution in [0.2, 0.25) is 0 Å². The molecule has 2 heterocycles. The van der Waals surface area contributed by atoms with Gasteiger partial charge in [-0.2, -0.15) is 0 Å². The summed E-state index contributed by atoms with van der Waals surface area (Å²) < 4.78 is 50.4. The largest absolute Gasteiger partial charge is 0.292 e. The number of fused-ring (bicyclic) bond motifs is 2. The van der Waals surface area contributed by atoms with Gasteiger partial charge in [0.15, 0.2) is 15.6 Å². The average molecular weight is 374 g/mol. The van der Waals surface area contributed by atoms with E-state index in [1.807, 2.05) is 0 Å². The van der Waals surface area contributed by atoms with Gasteiger partial charge in [0.25, 0.3) is 0 Å². The lowest BCUT2D eigenvalue weighted by molar-refractivity contribution is 0.100. The molecule has 0 spiro atoms. The Morgan fingerprint density at radius 2 is 1.32 bits per heavy atom. The standard InChI is InChI=1S/C17H10O6S2/c18-16-10-5-1-3-7-12(10)24(20,21)14(16)9-15-17(19)11-6-2-4-8-13(11)25(15,22)23/h1-9,14H. The van der Waals surface area contributed by atoms with Gasteiger partial charge in [0.2, 0.25) is 15.6 Å². The molecular weight excluding hydrogens is 364 g/mol. The van der Waals surface area contributed by atoms with Crippen molar-refractivity contribution in [3.05, 3.63) is 70.6 Å². The first-order valence-electron chi connectivity index (χ1n) is 7.24. The van der Waals surface area contributed by atoms with Crippen LogP contribution < -0.4 is 0 Å². The molecule has 126 valence electrons. The molecule has 0 radical (unpaired) electrons. The van der Waals surface area contributed by atoms with E-state index in [1.165, 1.54) is 48.5 Å². The molecular formula is C17H10O6S2. The molecule has 0 fully saturated rings. The molecule has 2 aliphatic rings. The van der Waals surface area contributed by atoms with E-state index in [4.69, 9.17) is 0 Å². The van der Waals surface area contributed by atoms with Crippen molar-refractivity contribution in [3.63, 3.8) is 0 Å². The molecule has 0 N–H and O–H groups in total. The first kappa shape index (κ1) is 15.9. The number of Topliss-reactive ketones (excluding diaryl/α,β-unsaturated/α-hetero) is 2. The Labute approximate surface area is 143 Å². The normalized spacial score (nSPS) is 24.3. The van der Waals surface area contributed by atoms with Crippen LogP contribution in [0, 0.1) is 0 Å². The van der Waals surface area contributed by atoms with E-state index in [0.29, 0.717) is 0 Å². The fourth-order valence-corrected chi connectivity index (χ4v) is 6.52. The van der Waals surface area contributed by atoms with Gasteiger partial charge >= 0.3 is 0 Å². The molecule has 25 heavy (non-hydrogen) atoms. The maximum atomic E-state index is 12.6. The molecule has 2 aromatic carbocycles. The van der Waals surface area contributed by atoms with Crippen molar-refractivity contribution in [2.75, 3.05) is 0 Å². The summed E-state index contributed by atoms with van der Waals surface area (Å²) in [6.07, 6.45) is 0.773. The zero-order chi connectivity index (χ0) is 18.0. The summed E-state index contributed by atoms with van der Waals surface area (Å²) >= 11 is 0. The Morgan fingerprint density at radius 1 is 0.760 bits per heavy atom. The zero-order valence-electron chi connectivity index (χ0n) is 12.5. The van der Waals surface area contributed by atoms with E-state index in [2.05, 4.69) is 0 Å². The van der Waals surface area contributed by atoms with Gasteiger partial charge in [-0.3, -0.25) is 9.59 Å². The van der Waals surface area contributed by atoms with Crippen molar-refractivity contribution in [2.24, 2.45) is 0 Å². The van der Waals surface area contributed by atoms with Crippen LogP contribution in [0.15, 0.2) is 69.3 Å². The highest BCUT2D eigenvalue weighted by Crippen LogP contribution is 2.37. The van der Waals surface area contributed by atoms with E-state index < -0.39 is 41.4 Å². The van der Waals surface area contributed by atoms with Crippen LogP contribution in [0.5, 0.6) is 0 Å². The Morgan fingerprint density at radius 3 is 1.92 bits per heavy atom. The Balaban J connectivity index is 1.92. The van der Waals surface area contributed by atoms with Crippen LogP contribution >= 0.6 is 0 Å². The second-order valence-electron chi connectivity index (χ2n) is 5.69. The highest BCUT2D eigenvalue weighted by molar-refractivity contribution is 7.97. The highest BCUT2D eigenvalue weighted by Gasteiger charge is 2.46. The predicted molar refractivity (Wildman–Crippen MR) is 87.8 cm³/mol. The molecule has 0 saturated carbocycles. The quantitative estimate of drug-likeness (QED) is 0.702. The molecule has 0 bridgehead atoms. The van der Waals surface area contributed by atoms with Gasteiger partial charge in [0.1, 0.15) is 10.2 Å². The molecule has 1 atom stereocenters. The van der Waals surface area contributed by atoms with E-state index in [1.54, 1.807) is 0 Å². The molecule has 0 saturated heterocycles. The number of ketones is 2. The van der Waals surface area contributed by atoms with Crippen molar-refractivity contribution < 1.29 is 26.4 Å². The minimum atomic E-state index is -4.15. The molecule has 1 unspecified atom stereocenters. The molecule has 6 nitrogen and oxygen atoms in total. The van der Waals surface area contributed by atoms with Gasteiger partial charge in [-0.25, -0.2) is 16.8 Å². The molecule has 0 aliphatic carbocycles. The lowest BCUT2D eigenvalue weighted by Crippen LogP contribution is -2.22. The van der Waals surface area contributed by atoms with Crippen LogP contribution in [0.4, 0.5) is 0 Å². The number of hydrogen-bond acceptors (Lipinski definition) is 6. The van der Waals surface area contributed by atoms with E-state index >= 15 is 0 Å². The molecule has 0 amide bonds. The van der Waals surface area contributed by atoms with Crippen molar-refractivity contribution in [1.82, 2.24) is 0 Å². The number of hydrogen-bond donors (Lipinski definition) is 0. The third kappa shape index (κ3) is 2.01. The third-order valence-electron chi connectivity index (χ3n) is 4.29. The second-order valence-corrected chi connectivity index (χ2v) is 9.61. The van der Waals surface area contributed by atoms with Crippen molar-refractivity contribution in [3.8, 4) is 0 Å². The summed E-state index contributed by atoms with van der Waals surface area (Å²) in [6.45, 7) is 0. The van der Waals surface area contributed by atoms with E-state index in [-0.39, 0.29) is 20.9 Å². The lowest BCUT2D eigenvalue weighted by atomic mass is 10.1. The average Bonchev–Trinajstić information content (AvgIpc) is 2.90. The van der Waals surface area contributed by atoms with Gasteiger partial charge in [0, 0.05) is 11.1 Å². The molecule has 4 rings (SSSR count). The van der Waals surface area contributed by atoms with Crippen LogP contribution in [-0.2, 0) is 19.7 Å². The summed E-state index contributed by atoms with van der Waals surface area (Å²) in [6, 6.07) is 11.3. The minimum absolute atomic E-state index is 0.00436. The summed E-state index contributed by atoms with van der Waals surface area (Å²) in [4.78, 5) is 23.9. The zero-order valence-corrected chi connectivity index (χ0v) is 14.2. The second kappa shape index (κ2) is 4.96. The van der Waals surface area contributed by atoms with E-state index in [0.717, 1.165) is 6.08 Å². The Kier molecular flexibility index (Phi) is 3.16. The maximum Gasteiger partial charge on any atom is 0.210 e. The number of benzene rings is 2. The maximum absolute atomic E-state index is 12.6. The number of rotatable bonds is 1. The predicted octanol–water partition coefficient (Wildman–Crippen LogP) is 1.58. The SMILES string of the molecule is O=C1C(=CC2C(=O)c3ccccc3S2(=O)=O)S(=O)(=O)c2ccccc21. The fourth-order valence-electron chi connectivity index (χ4n) is 3.08. The lowest BCUT2D eigenvalue weighted by Gasteiger charge is -2.04. The van der Waals surface area contributed by atoms with Crippen molar-refractivity contribution >= 4 is 31.2 Å². The molecule has 2 aliphatic heterocycles. The smallest absolute Gasteiger partial charge is 0.210 e. The van der Waals surface area contributed by atoms with Crippen molar-refractivity contribution in [1.29, 1.82) is 0 Å². The Bertz CT molecular complexity index is 1200. The third-order valence-corrected chi connectivity index (χ3v) is 8.11. The van der Waals surface area contributed by atoms with Gasteiger partial charge in [-0.05, 0) is 24.3 Å². The summed E-state index contributed by atoms with van der Waals surface area (Å²) in [7, 11) is -8.24. The molecule has 8 heteroatoms. The van der Waals surface area contributed by atoms with Gasteiger partial charge in [0.05, 0.1) is 9.79 Å². The van der Waals surface area contributed by atoms with Crippen LogP contribution in [-0.4, -0.2) is 33.7 Å². The van der Waals surface area contributed by atoms with Crippen LogP contribution in [0.1, 0.15) is 20.7 Å². The topological polar surface area (TPSA) is 102 Å². The number of sulfone groups is 2. The van der Waals surface area contributed by atoms with Gasteiger partial charge in [-0.1, -0.05) is 30.3 Å². The monoisotopic (exact) mass is 374 g/mol. The van der Waals surface area contributed by atoms with Crippen LogP contribution in [0.3, 0.4) is 0 Å². The van der Waals surface area contributed by atoms with E-state index in [9.17, 15) is 26.4 Å². The first-order chi connectivity index (χ1) is 11.8. The van der Waals surface area contributed by atoms with Gasteiger partial charge < -0.3 is 0 Å². The highest BCUT2D eigenvalue weighted by atomic mass is 32.2. The Hall–Kier alpha value is -2.58. The summed E-state index contributed by atoms with van der Waals surface area (Å²) in [5.41, 5.74) is -0.0150. The number of carbonyl (C=O) groups is 2. The van der Waals surface area contributed by atoms with Crippen LogP contribution in [0.25, 0.3) is 0 Å². The molecule has 0 aromatic heterocycles. The first-order valence-corrected chi connectivity index (χ1v) is 10.3. The number of allylic oxidation sites excluding steroid dienone is 1. The fraction of sp³-hybridized carbons (Fsp3) is 0.0588.